The summed E-state index contributed by atoms with van der Waals surface area (Å²) < 4.78 is 6.21. The van der Waals surface area contributed by atoms with Crippen LogP contribution < -0.4 is 15.4 Å². The second-order valence-corrected chi connectivity index (χ2v) is 8.75. The minimum absolute atomic E-state index is 0.294. The highest BCUT2D eigenvalue weighted by Gasteiger charge is 2.24. The van der Waals surface area contributed by atoms with Gasteiger partial charge in [0, 0.05) is 23.4 Å². The highest BCUT2D eigenvalue weighted by Crippen LogP contribution is 2.36. The summed E-state index contributed by atoms with van der Waals surface area (Å²) in [4.78, 5) is 18.9. The van der Waals surface area contributed by atoms with Gasteiger partial charge in [-0.2, -0.15) is 4.98 Å². The molecule has 0 unspecified atom stereocenters. The zero-order chi connectivity index (χ0) is 22.4. The number of aromatic amines is 1. The number of nitrogens with zero attached hydrogens (tertiary/aromatic N) is 4. The molecule has 0 radical (unpaired) electrons. The maximum atomic E-state index is 6.21. The maximum Gasteiger partial charge on any atom is 0.222 e. The average molecular weight is 429 g/mol. The summed E-state index contributed by atoms with van der Waals surface area (Å²) in [6.45, 7) is 10.5. The van der Waals surface area contributed by atoms with Crippen molar-refractivity contribution in [2.75, 3.05) is 23.8 Å². The van der Waals surface area contributed by atoms with Crippen LogP contribution in [0.5, 0.6) is 5.75 Å². The standard InChI is InChI=1S/C25H28N6O/c1-14(2)22-16(4)29-25(26)30-24(22)31-7-8-32-23-15(3)9-18(10-19(23)12-31)17-5-6-20-21(11-17)28-13-27-20/h5-6,9-11,13-14H,7-8,12H2,1-4H3,(H,27,28)(H2,26,29,30). The molecule has 164 valence electrons. The van der Waals surface area contributed by atoms with Gasteiger partial charge in [-0.05, 0) is 60.7 Å². The smallest absolute Gasteiger partial charge is 0.222 e. The van der Waals surface area contributed by atoms with Gasteiger partial charge in [-0.15, -0.1) is 0 Å². The summed E-state index contributed by atoms with van der Waals surface area (Å²) in [6, 6.07) is 10.7. The van der Waals surface area contributed by atoms with Gasteiger partial charge in [0.25, 0.3) is 0 Å². The number of imidazole rings is 1. The van der Waals surface area contributed by atoms with Gasteiger partial charge in [0.05, 0.1) is 23.9 Å². The molecule has 0 fully saturated rings. The third kappa shape index (κ3) is 3.53. The van der Waals surface area contributed by atoms with E-state index >= 15 is 0 Å². The molecule has 0 saturated heterocycles. The normalized spacial score (nSPS) is 13.8. The van der Waals surface area contributed by atoms with Crippen LogP contribution in [0.4, 0.5) is 11.8 Å². The van der Waals surface area contributed by atoms with Gasteiger partial charge in [0.15, 0.2) is 0 Å². The van der Waals surface area contributed by atoms with E-state index in [-0.39, 0.29) is 0 Å². The number of aromatic nitrogens is 4. The van der Waals surface area contributed by atoms with Crippen LogP contribution in [-0.2, 0) is 6.54 Å². The Morgan fingerprint density at radius 3 is 2.75 bits per heavy atom. The molecular formula is C25H28N6O. The van der Waals surface area contributed by atoms with E-state index in [0.717, 1.165) is 62.7 Å². The summed E-state index contributed by atoms with van der Waals surface area (Å²) in [5, 5.41) is 0. The molecule has 5 rings (SSSR count). The first kappa shape index (κ1) is 20.3. The number of rotatable bonds is 3. The predicted octanol–water partition coefficient (Wildman–Crippen LogP) is 4.74. The highest BCUT2D eigenvalue weighted by molar-refractivity contribution is 5.82. The van der Waals surface area contributed by atoms with Crippen molar-refractivity contribution in [2.45, 2.75) is 40.2 Å². The number of hydrogen-bond donors (Lipinski definition) is 2. The van der Waals surface area contributed by atoms with E-state index in [4.69, 9.17) is 10.5 Å². The van der Waals surface area contributed by atoms with Crippen LogP contribution in [0.2, 0.25) is 0 Å². The van der Waals surface area contributed by atoms with Crippen LogP contribution in [0.3, 0.4) is 0 Å². The lowest BCUT2D eigenvalue weighted by Gasteiger charge is -2.26. The molecule has 0 saturated carbocycles. The zero-order valence-corrected chi connectivity index (χ0v) is 18.9. The van der Waals surface area contributed by atoms with E-state index < -0.39 is 0 Å². The molecule has 0 bridgehead atoms. The Labute approximate surface area is 187 Å². The molecule has 0 spiro atoms. The molecule has 2 aromatic carbocycles. The number of fused-ring (bicyclic) bond motifs is 2. The molecule has 0 aliphatic carbocycles. The van der Waals surface area contributed by atoms with Crippen LogP contribution in [0, 0.1) is 13.8 Å². The number of benzene rings is 2. The number of nitrogens with two attached hydrogens (primary N) is 1. The Hall–Kier alpha value is -3.61. The van der Waals surface area contributed by atoms with E-state index in [1.807, 2.05) is 6.92 Å². The minimum Gasteiger partial charge on any atom is -0.491 e. The Balaban J connectivity index is 1.58. The van der Waals surface area contributed by atoms with Crippen molar-refractivity contribution in [1.29, 1.82) is 0 Å². The van der Waals surface area contributed by atoms with Crippen LogP contribution >= 0.6 is 0 Å². The third-order valence-electron chi connectivity index (χ3n) is 6.09. The minimum atomic E-state index is 0.294. The molecule has 1 aliphatic rings. The molecule has 1 aliphatic heterocycles. The lowest BCUT2D eigenvalue weighted by molar-refractivity contribution is 0.329. The van der Waals surface area contributed by atoms with Crippen LogP contribution in [-0.4, -0.2) is 33.1 Å². The first-order valence-corrected chi connectivity index (χ1v) is 11.0. The summed E-state index contributed by atoms with van der Waals surface area (Å²) in [5.41, 5.74) is 14.7. The van der Waals surface area contributed by atoms with Crippen molar-refractivity contribution in [2.24, 2.45) is 0 Å². The van der Waals surface area contributed by atoms with Crippen molar-refractivity contribution >= 4 is 22.8 Å². The topological polar surface area (TPSA) is 93.0 Å². The van der Waals surface area contributed by atoms with Crippen molar-refractivity contribution in [1.82, 2.24) is 19.9 Å². The number of H-pyrrole nitrogens is 1. The Morgan fingerprint density at radius 1 is 1.09 bits per heavy atom. The van der Waals surface area contributed by atoms with Crippen LogP contribution in [0.1, 0.15) is 42.1 Å². The van der Waals surface area contributed by atoms with E-state index in [1.54, 1.807) is 6.33 Å². The fourth-order valence-corrected chi connectivity index (χ4v) is 4.68. The monoisotopic (exact) mass is 428 g/mol. The van der Waals surface area contributed by atoms with E-state index in [9.17, 15) is 0 Å². The first-order chi connectivity index (χ1) is 15.4. The van der Waals surface area contributed by atoms with Gasteiger partial charge in [0.2, 0.25) is 5.95 Å². The molecule has 32 heavy (non-hydrogen) atoms. The Bertz CT molecular complexity index is 1310. The fourth-order valence-electron chi connectivity index (χ4n) is 4.68. The molecule has 0 atom stereocenters. The van der Waals surface area contributed by atoms with Gasteiger partial charge in [-0.3, -0.25) is 0 Å². The maximum absolute atomic E-state index is 6.21. The number of hydrogen-bond acceptors (Lipinski definition) is 6. The molecular weight excluding hydrogens is 400 g/mol. The average Bonchev–Trinajstić information content (AvgIpc) is 3.10. The van der Waals surface area contributed by atoms with Crippen molar-refractivity contribution in [3.05, 3.63) is 59.0 Å². The molecule has 7 heteroatoms. The van der Waals surface area contributed by atoms with E-state index in [0.29, 0.717) is 25.0 Å². The molecule has 0 amide bonds. The second kappa shape index (κ2) is 7.82. The second-order valence-electron chi connectivity index (χ2n) is 8.75. The van der Waals surface area contributed by atoms with Gasteiger partial charge < -0.3 is 20.4 Å². The number of nitrogen functional groups attached to an aromatic ring is 1. The van der Waals surface area contributed by atoms with Crippen molar-refractivity contribution in [3.63, 3.8) is 0 Å². The lowest BCUT2D eigenvalue weighted by atomic mass is 9.98. The van der Waals surface area contributed by atoms with Crippen molar-refractivity contribution in [3.8, 4) is 16.9 Å². The fraction of sp³-hybridized carbons (Fsp3) is 0.320. The Kier molecular flexibility index (Phi) is 4.96. The summed E-state index contributed by atoms with van der Waals surface area (Å²) in [6.07, 6.45) is 1.73. The molecule has 2 aromatic heterocycles. The number of ether oxygens (including phenoxy) is 1. The van der Waals surface area contributed by atoms with Gasteiger partial charge in [-0.1, -0.05) is 19.9 Å². The van der Waals surface area contributed by atoms with Crippen LogP contribution in [0.25, 0.3) is 22.2 Å². The molecule has 3 heterocycles. The van der Waals surface area contributed by atoms with E-state index in [2.05, 4.69) is 75.9 Å². The quantitative estimate of drug-likeness (QED) is 0.490. The van der Waals surface area contributed by atoms with Crippen LogP contribution in [0.15, 0.2) is 36.7 Å². The molecule has 7 nitrogen and oxygen atoms in total. The van der Waals surface area contributed by atoms with Crippen molar-refractivity contribution < 1.29 is 4.74 Å². The summed E-state index contributed by atoms with van der Waals surface area (Å²) in [5.74, 6) is 2.47. The first-order valence-electron chi connectivity index (χ1n) is 11.0. The largest absolute Gasteiger partial charge is 0.491 e. The third-order valence-corrected chi connectivity index (χ3v) is 6.09. The summed E-state index contributed by atoms with van der Waals surface area (Å²) in [7, 11) is 0. The number of aryl methyl sites for hydroxylation is 2. The van der Waals surface area contributed by atoms with Gasteiger partial charge >= 0.3 is 0 Å². The molecule has 3 N–H and O–H groups in total. The van der Waals surface area contributed by atoms with Gasteiger partial charge in [-0.25, -0.2) is 9.97 Å². The highest BCUT2D eigenvalue weighted by atomic mass is 16.5. The summed E-state index contributed by atoms with van der Waals surface area (Å²) >= 11 is 0. The zero-order valence-electron chi connectivity index (χ0n) is 18.9. The number of nitrogens with one attached hydrogen (secondary N) is 1. The number of anilines is 2. The van der Waals surface area contributed by atoms with E-state index in [1.165, 1.54) is 0 Å². The molecule has 4 aromatic rings. The lowest BCUT2D eigenvalue weighted by Crippen LogP contribution is -2.28. The SMILES string of the molecule is Cc1cc(-c2ccc3[nH]cnc3c2)cc2c1OCCN(c1nc(N)nc(C)c1C(C)C)C2. The predicted molar refractivity (Wildman–Crippen MR) is 128 cm³/mol. The Morgan fingerprint density at radius 2 is 1.94 bits per heavy atom. The van der Waals surface area contributed by atoms with Gasteiger partial charge in [0.1, 0.15) is 18.2 Å².